The fourth-order valence-corrected chi connectivity index (χ4v) is 5.86. The Morgan fingerprint density at radius 1 is 1.24 bits per heavy atom. The van der Waals surface area contributed by atoms with Crippen molar-refractivity contribution in [3.05, 3.63) is 34.9 Å². The standard InChI is InChI=1S/C20H28N2O2S/c23-19(13-16-4-5-17-2-1-3-18(17)12-16)21-14-20(6-11-25-15-20)22-7-9-24-10-8-22/h4-5,12H,1-3,6-11,13-15H2,(H,21,23)/t20-/m0/s1. The van der Waals surface area contributed by atoms with E-state index >= 15 is 0 Å². The summed E-state index contributed by atoms with van der Waals surface area (Å²) in [6.07, 6.45) is 5.28. The summed E-state index contributed by atoms with van der Waals surface area (Å²) >= 11 is 2.01. The van der Waals surface area contributed by atoms with E-state index in [9.17, 15) is 4.79 Å². The number of ether oxygens (including phenoxy) is 1. The summed E-state index contributed by atoms with van der Waals surface area (Å²) in [7, 11) is 0. The molecular weight excluding hydrogens is 332 g/mol. The average molecular weight is 361 g/mol. The first-order valence-electron chi connectivity index (χ1n) is 9.53. The van der Waals surface area contributed by atoms with E-state index in [2.05, 4.69) is 28.4 Å². The third kappa shape index (κ3) is 3.88. The summed E-state index contributed by atoms with van der Waals surface area (Å²) in [4.78, 5) is 15.1. The molecule has 0 aromatic heterocycles. The molecule has 1 aliphatic carbocycles. The van der Waals surface area contributed by atoms with Gasteiger partial charge in [-0.05, 0) is 48.1 Å². The number of carbonyl (C=O) groups is 1. The highest BCUT2D eigenvalue weighted by molar-refractivity contribution is 7.99. The fraction of sp³-hybridized carbons (Fsp3) is 0.650. The van der Waals surface area contributed by atoms with E-state index < -0.39 is 0 Å². The largest absolute Gasteiger partial charge is 0.379 e. The number of hydrogen-bond acceptors (Lipinski definition) is 4. The highest BCUT2D eigenvalue weighted by atomic mass is 32.2. The van der Waals surface area contributed by atoms with E-state index in [1.165, 1.54) is 36.1 Å². The first kappa shape index (κ1) is 17.4. The van der Waals surface area contributed by atoms with E-state index in [1.54, 1.807) is 0 Å². The lowest BCUT2D eigenvalue weighted by molar-refractivity contribution is -0.121. The molecular formula is C20H28N2O2S. The van der Waals surface area contributed by atoms with E-state index in [1.807, 2.05) is 11.8 Å². The molecule has 0 spiro atoms. The van der Waals surface area contributed by atoms with Crippen LogP contribution in [0.25, 0.3) is 0 Å². The molecule has 136 valence electrons. The molecule has 25 heavy (non-hydrogen) atoms. The quantitative estimate of drug-likeness (QED) is 0.873. The minimum absolute atomic E-state index is 0.127. The number of amides is 1. The molecule has 1 aromatic rings. The lowest BCUT2D eigenvalue weighted by Crippen LogP contribution is -2.59. The molecule has 0 bridgehead atoms. The first-order chi connectivity index (χ1) is 12.3. The maximum absolute atomic E-state index is 12.5. The number of fused-ring (bicyclic) bond motifs is 1. The van der Waals surface area contributed by atoms with Gasteiger partial charge in [0.2, 0.25) is 5.91 Å². The predicted octanol–water partition coefficient (Wildman–Crippen LogP) is 2.04. The first-order valence-corrected chi connectivity index (χ1v) is 10.7. The Hall–Kier alpha value is -1.04. The molecule has 0 unspecified atom stereocenters. The number of thioether (sulfide) groups is 1. The fourth-order valence-electron chi connectivity index (χ4n) is 4.38. The van der Waals surface area contributed by atoms with Crippen molar-refractivity contribution in [2.24, 2.45) is 0 Å². The van der Waals surface area contributed by atoms with Crippen LogP contribution in [0, 0.1) is 0 Å². The summed E-state index contributed by atoms with van der Waals surface area (Å²) in [5, 5.41) is 3.24. The SMILES string of the molecule is O=C(Cc1ccc2c(c1)CCC2)NC[C@@]1(N2CCOCC2)CCSC1. The second-order valence-corrected chi connectivity index (χ2v) is 8.64. The summed E-state index contributed by atoms with van der Waals surface area (Å²) in [6, 6.07) is 6.59. The van der Waals surface area contributed by atoms with Gasteiger partial charge in [0.1, 0.15) is 0 Å². The molecule has 1 amide bonds. The minimum Gasteiger partial charge on any atom is -0.379 e. The van der Waals surface area contributed by atoms with E-state index in [4.69, 9.17) is 4.74 Å². The molecule has 4 rings (SSSR count). The van der Waals surface area contributed by atoms with Gasteiger partial charge in [0.25, 0.3) is 0 Å². The van der Waals surface area contributed by atoms with Crippen molar-refractivity contribution in [2.45, 2.75) is 37.6 Å². The van der Waals surface area contributed by atoms with E-state index in [0.29, 0.717) is 6.42 Å². The van der Waals surface area contributed by atoms with Gasteiger partial charge in [-0.25, -0.2) is 0 Å². The molecule has 1 N–H and O–H groups in total. The molecule has 2 saturated heterocycles. The van der Waals surface area contributed by atoms with Crippen LogP contribution in [0.15, 0.2) is 18.2 Å². The van der Waals surface area contributed by atoms with Crippen LogP contribution >= 0.6 is 11.8 Å². The summed E-state index contributed by atoms with van der Waals surface area (Å²) < 4.78 is 5.51. The van der Waals surface area contributed by atoms with Crippen LogP contribution in [-0.4, -0.2) is 60.7 Å². The number of morpholine rings is 1. The molecule has 5 heteroatoms. The second kappa shape index (κ2) is 7.68. The molecule has 0 saturated carbocycles. The summed E-state index contributed by atoms with van der Waals surface area (Å²) in [5.41, 5.74) is 4.20. The van der Waals surface area contributed by atoms with Gasteiger partial charge < -0.3 is 10.1 Å². The van der Waals surface area contributed by atoms with E-state index in [0.717, 1.165) is 50.6 Å². The lowest BCUT2D eigenvalue weighted by Gasteiger charge is -2.43. The van der Waals surface area contributed by atoms with Gasteiger partial charge in [-0.1, -0.05) is 18.2 Å². The van der Waals surface area contributed by atoms with Gasteiger partial charge in [-0.3, -0.25) is 9.69 Å². The van der Waals surface area contributed by atoms with Crippen LogP contribution in [0.4, 0.5) is 0 Å². The average Bonchev–Trinajstić information content (AvgIpc) is 3.30. The predicted molar refractivity (Wildman–Crippen MR) is 102 cm³/mol. The van der Waals surface area contributed by atoms with Crippen LogP contribution < -0.4 is 5.32 Å². The van der Waals surface area contributed by atoms with Crippen molar-refractivity contribution in [2.75, 3.05) is 44.4 Å². The topological polar surface area (TPSA) is 41.6 Å². The van der Waals surface area contributed by atoms with Crippen LogP contribution in [0.5, 0.6) is 0 Å². The number of benzene rings is 1. The molecule has 0 radical (unpaired) electrons. The van der Waals surface area contributed by atoms with Gasteiger partial charge in [0, 0.05) is 30.9 Å². The number of hydrogen-bond donors (Lipinski definition) is 1. The Morgan fingerprint density at radius 2 is 2.08 bits per heavy atom. The molecule has 2 fully saturated rings. The van der Waals surface area contributed by atoms with Crippen molar-refractivity contribution in [1.82, 2.24) is 10.2 Å². The van der Waals surface area contributed by atoms with Gasteiger partial charge in [0.15, 0.2) is 0 Å². The molecule has 2 aliphatic heterocycles. The zero-order valence-corrected chi connectivity index (χ0v) is 15.7. The monoisotopic (exact) mass is 360 g/mol. The Labute approximate surface area is 154 Å². The van der Waals surface area contributed by atoms with Gasteiger partial charge in [0.05, 0.1) is 19.6 Å². The molecule has 4 nitrogen and oxygen atoms in total. The highest BCUT2D eigenvalue weighted by Crippen LogP contribution is 2.33. The van der Waals surface area contributed by atoms with Crippen molar-refractivity contribution >= 4 is 17.7 Å². The number of aryl methyl sites for hydroxylation is 2. The van der Waals surface area contributed by atoms with Crippen LogP contribution in [-0.2, 0) is 28.8 Å². The summed E-state index contributed by atoms with van der Waals surface area (Å²) in [6.45, 7) is 4.37. The maximum Gasteiger partial charge on any atom is 0.224 e. The number of rotatable bonds is 5. The third-order valence-electron chi connectivity index (χ3n) is 5.91. The Kier molecular flexibility index (Phi) is 5.34. The zero-order valence-electron chi connectivity index (χ0n) is 14.9. The molecule has 2 heterocycles. The van der Waals surface area contributed by atoms with Gasteiger partial charge >= 0.3 is 0 Å². The third-order valence-corrected chi connectivity index (χ3v) is 7.14. The van der Waals surface area contributed by atoms with Crippen LogP contribution in [0.3, 0.4) is 0 Å². The summed E-state index contributed by atoms with van der Waals surface area (Å²) in [5.74, 6) is 2.46. The maximum atomic E-state index is 12.5. The second-order valence-electron chi connectivity index (χ2n) is 7.54. The smallest absolute Gasteiger partial charge is 0.224 e. The zero-order chi connectivity index (χ0) is 17.1. The van der Waals surface area contributed by atoms with Crippen LogP contribution in [0.1, 0.15) is 29.5 Å². The van der Waals surface area contributed by atoms with Crippen molar-refractivity contribution in [3.8, 4) is 0 Å². The van der Waals surface area contributed by atoms with Crippen molar-refractivity contribution in [1.29, 1.82) is 0 Å². The number of nitrogens with one attached hydrogen (secondary N) is 1. The highest BCUT2D eigenvalue weighted by Gasteiger charge is 2.40. The van der Waals surface area contributed by atoms with Crippen molar-refractivity contribution < 1.29 is 9.53 Å². The Morgan fingerprint density at radius 3 is 2.88 bits per heavy atom. The molecule has 3 aliphatic rings. The molecule has 1 aromatic carbocycles. The molecule has 1 atom stereocenters. The Balaban J connectivity index is 1.35. The van der Waals surface area contributed by atoms with E-state index in [-0.39, 0.29) is 11.4 Å². The lowest BCUT2D eigenvalue weighted by atomic mass is 9.95. The number of carbonyl (C=O) groups excluding carboxylic acids is 1. The van der Waals surface area contributed by atoms with Crippen molar-refractivity contribution in [3.63, 3.8) is 0 Å². The number of nitrogens with zero attached hydrogens (tertiary/aromatic N) is 1. The van der Waals surface area contributed by atoms with Gasteiger partial charge in [-0.15, -0.1) is 0 Å². The van der Waals surface area contributed by atoms with Gasteiger partial charge in [-0.2, -0.15) is 11.8 Å². The normalized spacial score (nSPS) is 26.6. The van der Waals surface area contributed by atoms with Crippen LogP contribution in [0.2, 0.25) is 0 Å². The minimum atomic E-state index is 0.127. The Bertz CT molecular complexity index is 622.